The van der Waals surface area contributed by atoms with Crippen LogP contribution in [0.25, 0.3) is 0 Å². The van der Waals surface area contributed by atoms with Gasteiger partial charge in [-0.15, -0.1) is 0 Å². The van der Waals surface area contributed by atoms with Gasteiger partial charge in [0.2, 0.25) is 17.7 Å². The lowest BCUT2D eigenvalue weighted by Crippen LogP contribution is -2.48. The summed E-state index contributed by atoms with van der Waals surface area (Å²) in [6, 6.07) is 4.71. The molecule has 0 spiro atoms. The average molecular weight is 491 g/mol. The second-order valence-corrected chi connectivity index (χ2v) is 8.35. The second kappa shape index (κ2) is 14.5. The van der Waals surface area contributed by atoms with Gasteiger partial charge in [0, 0.05) is 30.4 Å². The Balaban J connectivity index is 1.86. The molecule has 0 aliphatic heterocycles. The SMILES string of the molecule is NC(N)=NCCC[C@H](NC(=O)CNC(=O)CNC1CCCCC1)C(=O)Nc1ccc([N+](=O)[O-])cc1. The largest absolute Gasteiger partial charge is 0.370 e. The van der Waals surface area contributed by atoms with E-state index in [2.05, 4.69) is 26.3 Å². The number of nitro groups is 1. The number of rotatable bonds is 13. The van der Waals surface area contributed by atoms with Gasteiger partial charge in [-0.05, 0) is 37.8 Å². The van der Waals surface area contributed by atoms with E-state index in [-0.39, 0.29) is 43.6 Å². The summed E-state index contributed by atoms with van der Waals surface area (Å²) in [6.07, 6.45) is 6.24. The Bertz CT molecular complexity index is 896. The Morgan fingerprint density at radius 2 is 1.74 bits per heavy atom. The van der Waals surface area contributed by atoms with Gasteiger partial charge in [0.1, 0.15) is 6.04 Å². The van der Waals surface area contributed by atoms with E-state index in [0.29, 0.717) is 18.2 Å². The zero-order valence-corrected chi connectivity index (χ0v) is 19.6. The highest BCUT2D eigenvalue weighted by molar-refractivity contribution is 5.97. The summed E-state index contributed by atoms with van der Waals surface area (Å²) in [5.74, 6) is -1.42. The molecular formula is C22H34N8O5. The van der Waals surface area contributed by atoms with E-state index in [0.717, 1.165) is 25.7 Å². The highest BCUT2D eigenvalue weighted by Crippen LogP contribution is 2.17. The van der Waals surface area contributed by atoms with Crippen molar-refractivity contribution in [2.24, 2.45) is 16.5 Å². The van der Waals surface area contributed by atoms with Gasteiger partial charge in [-0.2, -0.15) is 0 Å². The molecule has 1 atom stereocenters. The molecule has 192 valence electrons. The summed E-state index contributed by atoms with van der Waals surface area (Å²) in [7, 11) is 0. The first-order chi connectivity index (χ1) is 16.7. The predicted molar refractivity (Wildman–Crippen MR) is 131 cm³/mol. The van der Waals surface area contributed by atoms with Gasteiger partial charge in [-0.25, -0.2) is 0 Å². The quantitative estimate of drug-likeness (QED) is 0.0733. The zero-order chi connectivity index (χ0) is 25.6. The number of hydrogen-bond donors (Lipinski definition) is 6. The molecule has 1 fully saturated rings. The van der Waals surface area contributed by atoms with E-state index in [1.807, 2.05) is 0 Å². The minimum Gasteiger partial charge on any atom is -0.370 e. The van der Waals surface area contributed by atoms with Crippen LogP contribution in [0.4, 0.5) is 11.4 Å². The molecule has 13 nitrogen and oxygen atoms in total. The molecule has 1 aliphatic carbocycles. The van der Waals surface area contributed by atoms with E-state index in [4.69, 9.17) is 11.5 Å². The Kier molecular flexibility index (Phi) is 11.4. The number of carbonyl (C=O) groups is 3. The molecule has 1 aliphatic rings. The fraction of sp³-hybridized carbons (Fsp3) is 0.545. The van der Waals surface area contributed by atoms with Gasteiger partial charge in [0.05, 0.1) is 18.0 Å². The number of aliphatic imine (C=N–C) groups is 1. The lowest BCUT2D eigenvalue weighted by molar-refractivity contribution is -0.384. The number of nitro benzene ring substituents is 1. The smallest absolute Gasteiger partial charge is 0.269 e. The number of nitrogens with zero attached hydrogens (tertiary/aromatic N) is 2. The van der Waals surface area contributed by atoms with Crippen molar-refractivity contribution in [1.29, 1.82) is 0 Å². The lowest BCUT2D eigenvalue weighted by Gasteiger charge is -2.22. The summed E-state index contributed by atoms with van der Waals surface area (Å²) in [6.45, 7) is 0.115. The lowest BCUT2D eigenvalue weighted by atomic mass is 9.95. The average Bonchev–Trinajstić information content (AvgIpc) is 2.84. The first-order valence-corrected chi connectivity index (χ1v) is 11.6. The topological polar surface area (TPSA) is 207 Å². The summed E-state index contributed by atoms with van der Waals surface area (Å²) >= 11 is 0. The third-order valence-corrected chi connectivity index (χ3v) is 5.55. The molecule has 3 amide bonds. The third kappa shape index (κ3) is 10.8. The monoisotopic (exact) mass is 490 g/mol. The van der Waals surface area contributed by atoms with Gasteiger partial charge in [-0.1, -0.05) is 19.3 Å². The van der Waals surface area contributed by atoms with Gasteiger partial charge >= 0.3 is 0 Å². The van der Waals surface area contributed by atoms with Crippen LogP contribution in [0.5, 0.6) is 0 Å². The normalized spacial score (nSPS) is 14.4. The highest BCUT2D eigenvalue weighted by Gasteiger charge is 2.21. The Hall–Kier alpha value is -3.74. The van der Waals surface area contributed by atoms with Crippen LogP contribution in [0.15, 0.2) is 29.3 Å². The first kappa shape index (κ1) is 27.5. The summed E-state index contributed by atoms with van der Waals surface area (Å²) in [5.41, 5.74) is 10.8. The van der Waals surface area contributed by atoms with Crippen LogP contribution in [-0.2, 0) is 14.4 Å². The van der Waals surface area contributed by atoms with E-state index in [9.17, 15) is 24.5 Å². The Morgan fingerprint density at radius 1 is 1.06 bits per heavy atom. The Labute approximate surface area is 203 Å². The standard InChI is InChI=1S/C22H34N8O5/c23-22(24)25-12-4-7-18(21(33)28-16-8-10-17(11-9-16)30(34)35)29-20(32)14-27-19(31)13-26-15-5-2-1-3-6-15/h8-11,15,18,26H,1-7,12-14H2,(H,27,31)(H,28,33)(H,29,32)(H4,23,24,25)/t18-/m0/s1. The molecule has 0 bridgehead atoms. The fourth-order valence-corrected chi connectivity index (χ4v) is 3.70. The molecule has 0 aromatic heterocycles. The fourth-order valence-electron chi connectivity index (χ4n) is 3.70. The first-order valence-electron chi connectivity index (χ1n) is 11.6. The van der Waals surface area contributed by atoms with E-state index >= 15 is 0 Å². The minimum atomic E-state index is -0.927. The molecule has 0 heterocycles. The molecule has 8 N–H and O–H groups in total. The zero-order valence-electron chi connectivity index (χ0n) is 19.6. The van der Waals surface area contributed by atoms with Gasteiger partial charge in [-0.3, -0.25) is 29.5 Å². The van der Waals surface area contributed by atoms with Gasteiger partial charge < -0.3 is 32.7 Å². The molecule has 35 heavy (non-hydrogen) atoms. The molecule has 0 unspecified atom stereocenters. The molecule has 13 heteroatoms. The van der Waals surface area contributed by atoms with Crippen LogP contribution in [0.2, 0.25) is 0 Å². The van der Waals surface area contributed by atoms with Crippen molar-refractivity contribution in [3.63, 3.8) is 0 Å². The van der Waals surface area contributed by atoms with E-state index < -0.39 is 22.8 Å². The van der Waals surface area contributed by atoms with Crippen LogP contribution in [0, 0.1) is 10.1 Å². The van der Waals surface area contributed by atoms with Crippen molar-refractivity contribution >= 4 is 35.1 Å². The van der Waals surface area contributed by atoms with Crippen molar-refractivity contribution in [2.75, 3.05) is 25.0 Å². The van der Waals surface area contributed by atoms with Gasteiger partial charge in [0.15, 0.2) is 5.96 Å². The van der Waals surface area contributed by atoms with Crippen LogP contribution in [0.3, 0.4) is 0 Å². The molecule has 1 aromatic carbocycles. The molecule has 0 saturated heterocycles. The van der Waals surface area contributed by atoms with Crippen LogP contribution in [0.1, 0.15) is 44.9 Å². The van der Waals surface area contributed by atoms with Crippen LogP contribution in [-0.4, -0.2) is 60.3 Å². The van der Waals surface area contributed by atoms with Gasteiger partial charge in [0.25, 0.3) is 5.69 Å². The molecule has 1 aromatic rings. The van der Waals surface area contributed by atoms with Crippen molar-refractivity contribution in [2.45, 2.75) is 57.0 Å². The van der Waals surface area contributed by atoms with Crippen LogP contribution >= 0.6 is 0 Å². The maximum absolute atomic E-state index is 12.8. The second-order valence-electron chi connectivity index (χ2n) is 8.35. The number of guanidine groups is 1. The summed E-state index contributed by atoms with van der Waals surface area (Å²) < 4.78 is 0. The van der Waals surface area contributed by atoms with Crippen molar-refractivity contribution < 1.29 is 19.3 Å². The number of amides is 3. The maximum atomic E-state index is 12.8. The number of hydrogen-bond acceptors (Lipinski definition) is 7. The number of non-ortho nitro benzene ring substituents is 1. The molecule has 1 saturated carbocycles. The third-order valence-electron chi connectivity index (χ3n) is 5.55. The van der Waals surface area contributed by atoms with Crippen LogP contribution < -0.4 is 32.7 Å². The summed E-state index contributed by atoms with van der Waals surface area (Å²) in [4.78, 5) is 51.4. The number of carbonyl (C=O) groups excluding carboxylic acids is 3. The van der Waals surface area contributed by atoms with E-state index in [1.165, 1.54) is 30.7 Å². The Morgan fingerprint density at radius 3 is 2.37 bits per heavy atom. The molecular weight excluding hydrogens is 456 g/mol. The number of nitrogens with one attached hydrogen (secondary N) is 4. The van der Waals surface area contributed by atoms with Crippen molar-refractivity contribution in [3.8, 4) is 0 Å². The number of benzene rings is 1. The minimum absolute atomic E-state index is 0.0783. The predicted octanol–water partition coefficient (Wildman–Crippen LogP) is 0.110. The maximum Gasteiger partial charge on any atom is 0.269 e. The molecule has 2 rings (SSSR count). The summed E-state index contributed by atoms with van der Waals surface area (Å²) in [5, 5.41) is 21.8. The van der Waals surface area contributed by atoms with Crippen molar-refractivity contribution in [3.05, 3.63) is 34.4 Å². The van der Waals surface area contributed by atoms with Crippen molar-refractivity contribution in [1.82, 2.24) is 16.0 Å². The van der Waals surface area contributed by atoms with E-state index in [1.54, 1.807) is 0 Å². The number of anilines is 1. The molecule has 0 radical (unpaired) electrons. The number of nitrogens with two attached hydrogens (primary N) is 2. The highest BCUT2D eigenvalue weighted by atomic mass is 16.6.